The van der Waals surface area contributed by atoms with Crippen molar-refractivity contribution in [2.45, 2.75) is 64.6 Å². The summed E-state index contributed by atoms with van der Waals surface area (Å²) in [6, 6.07) is 1.17. The van der Waals surface area contributed by atoms with Crippen molar-refractivity contribution in [2.24, 2.45) is 11.8 Å². The van der Waals surface area contributed by atoms with Crippen LogP contribution < -0.4 is 0 Å². The molecule has 1 amide bonds. The Morgan fingerprint density at radius 2 is 1.75 bits per heavy atom. The van der Waals surface area contributed by atoms with Crippen LogP contribution in [0.25, 0.3) is 0 Å². The van der Waals surface area contributed by atoms with Gasteiger partial charge >= 0.3 is 0 Å². The van der Waals surface area contributed by atoms with Crippen LogP contribution in [0.15, 0.2) is 0 Å². The molecule has 1 saturated carbocycles. The van der Waals surface area contributed by atoms with E-state index < -0.39 is 0 Å². The Morgan fingerprint density at radius 3 is 2.33 bits per heavy atom. The van der Waals surface area contributed by atoms with Crippen LogP contribution in [0.4, 0.5) is 0 Å². The van der Waals surface area contributed by atoms with Gasteiger partial charge in [-0.25, -0.2) is 0 Å². The SMILES string of the molecule is CC1CCC(N2CCN(C(=O)C3CN(C(C)C)C3)[C@@H](CO)C2)CC1. The highest BCUT2D eigenvalue weighted by Gasteiger charge is 2.40. The van der Waals surface area contributed by atoms with Crippen molar-refractivity contribution >= 4 is 5.91 Å². The van der Waals surface area contributed by atoms with Gasteiger partial charge in [0.05, 0.1) is 18.6 Å². The number of carbonyl (C=O) groups excluding carboxylic acids is 1. The van der Waals surface area contributed by atoms with Crippen LogP contribution in [0.1, 0.15) is 46.5 Å². The first-order valence-electron chi connectivity index (χ1n) is 9.89. The summed E-state index contributed by atoms with van der Waals surface area (Å²) in [5.41, 5.74) is 0. The molecule has 2 aliphatic heterocycles. The maximum Gasteiger partial charge on any atom is 0.228 e. The molecule has 0 unspecified atom stereocenters. The van der Waals surface area contributed by atoms with E-state index in [1.165, 1.54) is 25.7 Å². The standard InChI is InChI=1S/C19H35N3O2/c1-14(2)21-10-16(11-21)19(24)22-9-8-20(12-18(22)13-23)17-6-4-15(3)5-7-17/h14-18,23H,4-13H2,1-3H3/t15?,17?,18-/m1/s1. The van der Waals surface area contributed by atoms with Crippen molar-refractivity contribution in [3.63, 3.8) is 0 Å². The van der Waals surface area contributed by atoms with Crippen molar-refractivity contribution in [3.05, 3.63) is 0 Å². The first-order chi connectivity index (χ1) is 11.5. The molecule has 2 saturated heterocycles. The van der Waals surface area contributed by atoms with Crippen LogP contribution in [-0.2, 0) is 4.79 Å². The Labute approximate surface area is 147 Å². The number of likely N-dealkylation sites (tertiary alicyclic amines) is 1. The molecule has 0 spiro atoms. The van der Waals surface area contributed by atoms with Gasteiger partial charge in [0.1, 0.15) is 0 Å². The molecule has 1 N–H and O–H groups in total. The number of carbonyl (C=O) groups is 1. The van der Waals surface area contributed by atoms with E-state index in [0.717, 1.165) is 38.6 Å². The lowest BCUT2D eigenvalue weighted by atomic mass is 9.86. The molecule has 1 atom stereocenters. The van der Waals surface area contributed by atoms with Crippen LogP contribution in [0.3, 0.4) is 0 Å². The number of aliphatic hydroxyl groups is 1. The Kier molecular flexibility index (Phi) is 5.83. The highest BCUT2D eigenvalue weighted by molar-refractivity contribution is 5.80. The average molecular weight is 338 g/mol. The van der Waals surface area contributed by atoms with Crippen LogP contribution in [0.5, 0.6) is 0 Å². The van der Waals surface area contributed by atoms with E-state index in [-0.39, 0.29) is 24.5 Å². The van der Waals surface area contributed by atoms with E-state index >= 15 is 0 Å². The van der Waals surface area contributed by atoms with Crippen LogP contribution in [-0.4, -0.2) is 83.2 Å². The fourth-order valence-electron chi connectivity index (χ4n) is 4.59. The number of aliphatic hydroxyl groups excluding tert-OH is 1. The van der Waals surface area contributed by atoms with E-state index in [1.54, 1.807) is 0 Å². The van der Waals surface area contributed by atoms with Gasteiger partial charge in [0.25, 0.3) is 0 Å². The van der Waals surface area contributed by atoms with Crippen molar-refractivity contribution in [1.29, 1.82) is 0 Å². The molecule has 3 rings (SSSR count). The highest BCUT2D eigenvalue weighted by atomic mass is 16.3. The minimum atomic E-state index is -0.0151. The minimum absolute atomic E-state index is 0.0151. The van der Waals surface area contributed by atoms with E-state index in [2.05, 4.69) is 30.6 Å². The maximum absolute atomic E-state index is 12.8. The summed E-state index contributed by atoms with van der Waals surface area (Å²) in [7, 11) is 0. The smallest absolute Gasteiger partial charge is 0.228 e. The van der Waals surface area contributed by atoms with Crippen molar-refractivity contribution in [2.75, 3.05) is 39.3 Å². The van der Waals surface area contributed by atoms with Crippen molar-refractivity contribution < 1.29 is 9.90 Å². The third-order valence-electron chi connectivity index (χ3n) is 6.50. The molecule has 138 valence electrons. The fourth-order valence-corrected chi connectivity index (χ4v) is 4.59. The molecule has 5 nitrogen and oxygen atoms in total. The number of hydrogen-bond donors (Lipinski definition) is 1. The summed E-state index contributed by atoms with van der Waals surface area (Å²) < 4.78 is 0. The van der Waals surface area contributed by atoms with Gasteiger partial charge in [-0.1, -0.05) is 6.92 Å². The molecule has 0 aromatic carbocycles. The molecule has 5 heteroatoms. The zero-order valence-corrected chi connectivity index (χ0v) is 15.7. The van der Waals surface area contributed by atoms with Crippen molar-refractivity contribution in [3.8, 4) is 0 Å². The quantitative estimate of drug-likeness (QED) is 0.843. The number of rotatable bonds is 4. The maximum atomic E-state index is 12.8. The summed E-state index contributed by atoms with van der Waals surface area (Å²) in [6.07, 6.45) is 5.19. The molecule has 0 bridgehead atoms. The molecule has 0 radical (unpaired) electrons. The minimum Gasteiger partial charge on any atom is -0.394 e. The number of nitrogens with zero attached hydrogens (tertiary/aromatic N) is 3. The van der Waals surface area contributed by atoms with E-state index in [1.807, 2.05) is 4.90 Å². The van der Waals surface area contributed by atoms with E-state index in [4.69, 9.17) is 0 Å². The lowest BCUT2D eigenvalue weighted by Crippen LogP contribution is -2.63. The highest BCUT2D eigenvalue weighted by Crippen LogP contribution is 2.29. The molecule has 2 heterocycles. The normalized spacial score (nSPS) is 33.7. The second kappa shape index (κ2) is 7.71. The number of piperazine rings is 1. The molecule has 0 aromatic heterocycles. The molecular formula is C19H35N3O2. The Bertz CT molecular complexity index is 428. The monoisotopic (exact) mass is 337 g/mol. The van der Waals surface area contributed by atoms with Gasteiger partial charge in [-0.3, -0.25) is 14.6 Å². The summed E-state index contributed by atoms with van der Waals surface area (Å²) in [6.45, 7) is 11.2. The van der Waals surface area contributed by atoms with Crippen LogP contribution in [0, 0.1) is 11.8 Å². The molecule has 24 heavy (non-hydrogen) atoms. The zero-order chi connectivity index (χ0) is 17.3. The first kappa shape index (κ1) is 18.2. The third-order valence-corrected chi connectivity index (χ3v) is 6.50. The second-order valence-corrected chi connectivity index (χ2v) is 8.52. The summed E-state index contributed by atoms with van der Waals surface area (Å²) in [5, 5.41) is 9.85. The van der Waals surface area contributed by atoms with Gasteiger partial charge in [0, 0.05) is 44.8 Å². The molecular weight excluding hydrogens is 302 g/mol. The zero-order valence-electron chi connectivity index (χ0n) is 15.7. The molecule has 0 aromatic rings. The summed E-state index contributed by atoms with van der Waals surface area (Å²) >= 11 is 0. The number of amides is 1. The molecule has 3 aliphatic rings. The van der Waals surface area contributed by atoms with Crippen molar-refractivity contribution in [1.82, 2.24) is 14.7 Å². The first-order valence-corrected chi connectivity index (χ1v) is 9.89. The molecule has 1 aliphatic carbocycles. The lowest BCUT2D eigenvalue weighted by Gasteiger charge is -2.48. The lowest BCUT2D eigenvalue weighted by molar-refractivity contribution is -0.149. The predicted molar refractivity (Wildman–Crippen MR) is 95.8 cm³/mol. The van der Waals surface area contributed by atoms with Gasteiger partial charge < -0.3 is 10.0 Å². The average Bonchev–Trinajstić information content (AvgIpc) is 2.53. The topological polar surface area (TPSA) is 47.0 Å². The number of hydrogen-bond acceptors (Lipinski definition) is 4. The third kappa shape index (κ3) is 3.78. The van der Waals surface area contributed by atoms with Gasteiger partial charge in [0.15, 0.2) is 0 Å². The fraction of sp³-hybridized carbons (Fsp3) is 0.947. The Morgan fingerprint density at radius 1 is 1.08 bits per heavy atom. The van der Waals surface area contributed by atoms with Gasteiger partial charge in [-0.15, -0.1) is 0 Å². The van der Waals surface area contributed by atoms with Crippen LogP contribution >= 0.6 is 0 Å². The largest absolute Gasteiger partial charge is 0.394 e. The van der Waals surface area contributed by atoms with E-state index in [9.17, 15) is 9.90 Å². The van der Waals surface area contributed by atoms with Gasteiger partial charge in [0.2, 0.25) is 5.91 Å². The summed E-state index contributed by atoms with van der Waals surface area (Å²) in [5.74, 6) is 1.27. The predicted octanol–water partition coefficient (Wildman–Crippen LogP) is 1.41. The van der Waals surface area contributed by atoms with Gasteiger partial charge in [-0.05, 0) is 45.4 Å². The molecule has 3 fully saturated rings. The summed E-state index contributed by atoms with van der Waals surface area (Å²) in [4.78, 5) is 19.7. The Hall–Kier alpha value is -0.650. The van der Waals surface area contributed by atoms with E-state index in [0.29, 0.717) is 12.1 Å². The van der Waals surface area contributed by atoms with Crippen LogP contribution in [0.2, 0.25) is 0 Å². The van der Waals surface area contributed by atoms with Gasteiger partial charge in [-0.2, -0.15) is 0 Å². The second-order valence-electron chi connectivity index (χ2n) is 8.52. The Balaban J connectivity index is 1.53.